The van der Waals surface area contributed by atoms with Crippen molar-refractivity contribution in [1.29, 1.82) is 0 Å². The van der Waals surface area contributed by atoms with Gasteiger partial charge in [-0.2, -0.15) is 0 Å². The molecule has 12 heavy (non-hydrogen) atoms. The maximum Gasteiger partial charge on any atom is 0 e. The van der Waals surface area contributed by atoms with Crippen LogP contribution in [0.5, 0.6) is 0 Å². The molecule has 1 rings (SSSR count). The molecule has 0 heterocycles. The summed E-state index contributed by atoms with van der Waals surface area (Å²) in [6.07, 6.45) is 3.21. The molecule has 0 saturated carbocycles. The van der Waals surface area contributed by atoms with Crippen LogP contribution in [0.4, 0.5) is 0 Å². The molecule has 0 aliphatic rings. The summed E-state index contributed by atoms with van der Waals surface area (Å²) < 4.78 is 0. The SMILES string of the molecule is Cc1ccccc1CC[C-]=O.[Y]. The summed E-state index contributed by atoms with van der Waals surface area (Å²) in [6.45, 7) is 2.06. The second kappa shape index (κ2) is 6.50. The third-order valence-corrected chi connectivity index (χ3v) is 1.76. The summed E-state index contributed by atoms with van der Waals surface area (Å²) in [5, 5.41) is 0. The van der Waals surface area contributed by atoms with Crippen LogP contribution in [-0.4, -0.2) is 6.29 Å². The fourth-order valence-corrected chi connectivity index (χ4v) is 1.08. The zero-order valence-corrected chi connectivity index (χ0v) is 10.0. The van der Waals surface area contributed by atoms with Gasteiger partial charge in [0, 0.05) is 32.7 Å². The Labute approximate surface area is 98.4 Å². The Hall–Kier alpha value is -0.00610. The number of hydrogen-bond donors (Lipinski definition) is 0. The molecule has 0 aromatic heterocycles. The van der Waals surface area contributed by atoms with E-state index in [-0.39, 0.29) is 32.7 Å². The molecule has 0 N–H and O–H groups in total. The molecule has 0 fully saturated rings. The summed E-state index contributed by atoms with van der Waals surface area (Å²) in [5.74, 6) is 0. The quantitative estimate of drug-likeness (QED) is 0.734. The molecule has 0 amide bonds. The van der Waals surface area contributed by atoms with Crippen LogP contribution in [0.25, 0.3) is 0 Å². The van der Waals surface area contributed by atoms with Gasteiger partial charge in [0.25, 0.3) is 0 Å². The Morgan fingerprint density at radius 2 is 2.00 bits per heavy atom. The van der Waals surface area contributed by atoms with Crippen LogP contribution >= 0.6 is 0 Å². The Kier molecular flexibility index (Phi) is 6.50. The molecule has 1 nitrogen and oxygen atoms in total. The molecule has 1 aromatic rings. The molecule has 0 bridgehead atoms. The van der Waals surface area contributed by atoms with Crippen LogP contribution in [0, 0.1) is 6.92 Å². The van der Waals surface area contributed by atoms with Gasteiger partial charge in [0.05, 0.1) is 0 Å². The van der Waals surface area contributed by atoms with Crippen LogP contribution < -0.4 is 0 Å². The van der Waals surface area contributed by atoms with Crippen molar-refractivity contribution in [1.82, 2.24) is 0 Å². The van der Waals surface area contributed by atoms with Crippen LogP contribution in [-0.2, 0) is 43.9 Å². The second-order valence-corrected chi connectivity index (χ2v) is 2.57. The summed E-state index contributed by atoms with van der Waals surface area (Å²) in [5.41, 5.74) is 2.50. The summed E-state index contributed by atoms with van der Waals surface area (Å²) in [4.78, 5) is 9.96. The number of aryl methyl sites for hydroxylation is 2. The molecule has 0 aliphatic heterocycles. The van der Waals surface area contributed by atoms with E-state index < -0.39 is 0 Å². The minimum absolute atomic E-state index is 0. The van der Waals surface area contributed by atoms with E-state index >= 15 is 0 Å². The molecular weight excluding hydrogens is 225 g/mol. The van der Waals surface area contributed by atoms with E-state index in [0.29, 0.717) is 6.42 Å². The molecule has 2 heteroatoms. The van der Waals surface area contributed by atoms with E-state index in [2.05, 4.69) is 13.0 Å². The van der Waals surface area contributed by atoms with Crippen molar-refractivity contribution >= 4 is 6.29 Å². The fourth-order valence-electron chi connectivity index (χ4n) is 1.08. The monoisotopic (exact) mass is 236 g/mol. The third-order valence-electron chi connectivity index (χ3n) is 1.76. The van der Waals surface area contributed by atoms with E-state index in [1.807, 2.05) is 24.5 Å². The first-order chi connectivity index (χ1) is 5.34. The molecule has 61 valence electrons. The van der Waals surface area contributed by atoms with Crippen molar-refractivity contribution in [2.45, 2.75) is 19.8 Å². The molecule has 0 aliphatic carbocycles. The van der Waals surface area contributed by atoms with Gasteiger partial charge in [-0.15, -0.1) is 6.42 Å². The summed E-state index contributed by atoms with van der Waals surface area (Å²) in [7, 11) is 0. The average Bonchev–Trinajstić information content (AvgIpc) is 2.03. The smallest absolute Gasteiger partial charge is 0 e. The van der Waals surface area contributed by atoms with Crippen molar-refractivity contribution in [3.8, 4) is 0 Å². The first-order valence-corrected chi connectivity index (χ1v) is 3.74. The number of benzene rings is 1. The van der Waals surface area contributed by atoms with Gasteiger partial charge in [-0.25, -0.2) is 0 Å². The van der Waals surface area contributed by atoms with E-state index in [0.717, 1.165) is 6.42 Å². The van der Waals surface area contributed by atoms with Gasteiger partial charge in [-0.05, 0) is 18.1 Å². The van der Waals surface area contributed by atoms with E-state index in [4.69, 9.17) is 0 Å². The summed E-state index contributed by atoms with van der Waals surface area (Å²) in [6, 6.07) is 8.10. The van der Waals surface area contributed by atoms with Crippen LogP contribution in [0.3, 0.4) is 0 Å². The molecule has 0 saturated heterocycles. The maximum atomic E-state index is 9.96. The zero-order valence-electron chi connectivity index (χ0n) is 7.21. The molecule has 1 radical (unpaired) electrons. The van der Waals surface area contributed by atoms with E-state index in [1.165, 1.54) is 11.1 Å². The van der Waals surface area contributed by atoms with E-state index in [9.17, 15) is 4.79 Å². The van der Waals surface area contributed by atoms with Crippen molar-refractivity contribution in [3.05, 3.63) is 35.4 Å². The maximum absolute atomic E-state index is 9.96. The summed E-state index contributed by atoms with van der Waals surface area (Å²) >= 11 is 0. The molecule has 1 aromatic carbocycles. The molecule has 0 unspecified atom stereocenters. The Morgan fingerprint density at radius 1 is 1.33 bits per heavy atom. The second-order valence-electron chi connectivity index (χ2n) is 2.57. The minimum atomic E-state index is 0. The van der Waals surface area contributed by atoms with Gasteiger partial charge < -0.3 is 4.79 Å². The number of carbonyl (C=O) groups excluding carboxylic acids is 1. The molecule has 0 atom stereocenters. The van der Waals surface area contributed by atoms with Gasteiger partial charge in [-0.3, -0.25) is 6.29 Å². The largest absolute Gasteiger partial charge is 0.542 e. The normalized spacial score (nSPS) is 8.75. The first-order valence-electron chi connectivity index (χ1n) is 3.74. The van der Waals surface area contributed by atoms with Gasteiger partial charge >= 0.3 is 0 Å². The number of rotatable bonds is 3. The van der Waals surface area contributed by atoms with Crippen molar-refractivity contribution in [2.24, 2.45) is 0 Å². The topological polar surface area (TPSA) is 17.1 Å². The van der Waals surface area contributed by atoms with Crippen LogP contribution in [0.1, 0.15) is 17.5 Å². The Balaban J connectivity index is 0.00000121. The van der Waals surface area contributed by atoms with Crippen LogP contribution in [0.15, 0.2) is 24.3 Å². The van der Waals surface area contributed by atoms with Gasteiger partial charge in [-0.1, -0.05) is 30.7 Å². The van der Waals surface area contributed by atoms with Crippen LogP contribution in [0.2, 0.25) is 0 Å². The predicted octanol–water partition coefficient (Wildman–Crippen LogP) is 2.03. The van der Waals surface area contributed by atoms with Crippen molar-refractivity contribution in [2.75, 3.05) is 0 Å². The Morgan fingerprint density at radius 3 is 2.58 bits per heavy atom. The average molecular weight is 236 g/mol. The van der Waals surface area contributed by atoms with Gasteiger partial charge in [0.2, 0.25) is 0 Å². The van der Waals surface area contributed by atoms with Gasteiger partial charge in [0.15, 0.2) is 0 Å². The standard InChI is InChI=1S/C10H11O.Y/c1-9-5-2-3-6-10(9)7-4-8-11;/h2-3,5-6H,4,7H2,1H3;/q-1;. The predicted molar refractivity (Wildman–Crippen MR) is 45.2 cm³/mol. The minimum Gasteiger partial charge on any atom is -0.542 e. The molecule has 0 spiro atoms. The zero-order chi connectivity index (χ0) is 8.10. The third kappa shape index (κ3) is 3.60. The number of hydrogen-bond acceptors (Lipinski definition) is 1. The molecular formula is C10H11OY-. The van der Waals surface area contributed by atoms with Crippen molar-refractivity contribution < 1.29 is 37.5 Å². The fraction of sp³-hybridized carbons (Fsp3) is 0.300. The van der Waals surface area contributed by atoms with Crippen molar-refractivity contribution in [3.63, 3.8) is 0 Å². The Bertz CT molecular complexity index is 245. The van der Waals surface area contributed by atoms with Gasteiger partial charge in [0.1, 0.15) is 0 Å². The first kappa shape index (κ1) is 12.0. The van der Waals surface area contributed by atoms with E-state index in [1.54, 1.807) is 0 Å².